The largest absolute Gasteiger partial charge is 0.480 e. The van der Waals surface area contributed by atoms with Crippen LogP contribution in [0, 0.1) is 12.7 Å². The van der Waals surface area contributed by atoms with Crippen LogP contribution in [0.25, 0.3) is 33.1 Å². The summed E-state index contributed by atoms with van der Waals surface area (Å²) in [5.74, 6) is 0.827. The van der Waals surface area contributed by atoms with Gasteiger partial charge in [0.2, 0.25) is 11.8 Å². The molecule has 1 fully saturated rings. The molecule has 1 unspecified atom stereocenters. The van der Waals surface area contributed by atoms with Gasteiger partial charge in [0.15, 0.2) is 0 Å². The molecule has 4 aromatic heterocycles. The standard InChI is InChI=1S/C32H30FN7O2S/c1-19-22(23-14-21(33)7-8-26(23)36-19)15-30(41)40-11-10-39(18-29-34-9-12-43-29)17-28(40)31-35-16-27(37-31)24-13-20-5-3-4-6-25(20)38-32(24)42-2/h3-9,12-14,16,28,36H,10-11,15,17-18H2,1-2H3,(H,35,37). The highest BCUT2D eigenvalue weighted by molar-refractivity contribution is 7.09. The number of nitrogens with zero attached hydrogens (tertiary/aromatic N) is 5. The van der Waals surface area contributed by atoms with E-state index in [-0.39, 0.29) is 24.2 Å². The molecule has 2 aromatic carbocycles. The van der Waals surface area contributed by atoms with E-state index >= 15 is 0 Å². The van der Waals surface area contributed by atoms with Gasteiger partial charge >= 0.3 is 0 Å². The molecule has 7 rings (SSSR count). The van der Waals surface area contributed by atoms with Crippen molar-refractivity contribution in [2.24, 2.45) is 0 Å². The molecule has 11 heteroatoms. The van der Waals surface area contributed by atoms with Gasteiger partial charge in [-0.05, 0) is 42.8 Å². The van der Waals surface area contributed by atoms with Crippen LogP contribution in [0.15, 0.2) is 66.3 Å². The number of fused-ring (bicyclic) bond motifs is 2. The first kappa shape index (κ1) is 27.2. The highest BCUT2D eigenvalue weighted by Crippen LogP contribution is 2.33. The summed E-state index contributed by atoms with van der Waals surface area (Å²) in [5.41, 5.74) is 4.90. The SMILES string of the molecule is COc1nc2ccccc2cc1-c1cnc(C2CN(Cc3nccs3)CCN2C(=O)Cc2c(C)[nH]c3ccc(F)cc23)[nH]1. The molecule has 0 aliphatic carbocycles. The fourth-order valence-electron chi connectivity index (χ4n) is 5.96. The van der Waals surface area contributed by atoms with Gasteiger partial charge in [-0.15, -0.1) is 11.3 Å². The molecule has 1 atom stereocenters. The number of hydrogen-bond acceptors (Lipinski definition) is 7. The average molecular weight is 596 g/mol. The number of carbonyl (C=O) groups is 1. The lowest BCUT2D eigenvalue weighted by Crippen LogP contribution is -2.51. The summed E-state index contributed by atoms with van der Waals surface area (Å²) in [5, 5.41) is 4.73. The zero-order valence-electron chi connectivity index (χ0n) is 23.8. The summed E-state index contributed by atoms with van der Waals surface area (Å²) in [6, 6.07) is 14.2. The number of pyridine rings is 1. The maximum atomic E-state index is 14.1. The lowest BCUT2D eigenvalue weighted by Gasteiger charge is -2.40. The van der Waals surface area contributed by atoms with Crippen molar-refractivity contribution in [2.75, 3.05) is 26.7 Å². The number of aryl methyl sites for hydroxylation is 1. The minimum absolute atomic E-state index is 0.0323. The Morgan fingerprint density at radius 3 is 2.86 bits per heavy atom. The number of aromatic nitrogens is 5. The Hall–Kier alpha value is -4.61. The number of nitrogens with one attached hydrogen (secondary N) is 2. The first-order valence-electron chi connectivity index (χ1n) is 14.1. The van der Waals surface area contributed by atoms with Crippen LogP contribution < -0.4 is 4.74 Å². The molecule has 0 spiro atoms. The van der Waals surface area contributed by atoms with Crippen LogP contribution in [-0.2, 0) is 17.8 Å². The fraction of sp³-hybridized carbons (Fsp3) is 0.250. The predicted octanol–water partition coefficient (Wildman–Crippen LogP) is 5.65. The zero-order chi connectivity index (χ0) is 29.5. The van der Waals surface area contributed by atoms with E-state index in [0.717, 1.165) is 49.3 Å². The van der Waals surface area contributed by atoms with E-state index in [4.69, 9.17) is 14.7 Å². The molecule has 1 aliphatic heterocycles. The number of carbonyl (C=O) groups excluding carboxylic acids is 1. The number of para-hydroxylation sites is 1. The molecule has 1 amide bonds. The third kappa shape index (κ3) is 5.26. The van der Waals surface area contributed by atoms with Gasteiger partial charge in [-0.25, -0.2) is 19.3 Å². The van der Waals surface area contributed by atoms with Crippen molar-refractivity contribution in [1.82, 2.24) is 34.7 Å². The van der Waals surface area contributed by atoms with Crippen molar-refractivity contribution in [3.63, 3.8) is 0 Å². The van der Waals surface area contributed by atoms with Gasteiger partial charge in [0.05, 0.1) is 43.0 Å². The smallest absolute Gasteiger partial charge is 0.227 e. The van der Waals surface area contributed by atoms with Gasteiger partial charge in [0.25, 0.3) is 0 Å². The quantitative estimate of drug-likeness (QED) is 0.247. The molecule has 9 nitrogen and oxygen atoms in total. The van der Waals surface area contributed by atoms with Crippen molar-refractivity contribution in [1.29, 1.82) is 0 Å². The number of piperazine rings is 1. The second kappa shape index (κ2) is 11.2. The zero-order valence-corrected chi connectivity index (χ0v) is 24.6. The number of rotatable bonds is 7. The summed E-state index contributed by atoms with van der Waals surface area (Å²) in [4.78, 5) is 38.9. The topological polar surface area (TPSA) is 103 Å². The maximum absolute atomic E-state index is 14.1. The number of aromatic amines is 2. The number of hydrogen-bond donors (Lipinski definition) is 2. The lowest BCUT2D eigenvalue weighted by atomic mass is 10.0. The molecular weight excluding hydrogens is 565 g/mol. The van der Waals surface area contributed by atoms with Gasteiger partial charge in [0.1, 0.15) is 22.7 Å². The molecular formula is C32H30FN7O2S. The molecule has 1 saturated heterocycles. The molecule has 43 heavy (non-hydrogen) atoms. The van der Waals surface area contributed by atoms with E-state index in [0.29, 0.717) is 37.9 Å². The summed E-state index contributed by atoms with van der Waals surface area (Å²) in [6.45, 7) is 4.45. The van der Waals surface area contributed by atoms with E-state index in [1.165, 1.54) is 12.1 Å². The monoisotopic (exact) mass is 595 g/mol. The molecule has 0 radical (unpaired) electrons. The minimum Gasteiger partial charge on any atom is -0.480 e. The Bertz CT molecular complexity index is 1930. The summed E-state index contributed by atoms with van der Waals surface area (Å²) >= 11 is 1.62. The fourth-order valence-corrected chi connectivity index (χ4v) is 6.62. The van der Waals surface area contributed by atoms with E-state index < -0.39 is 0 Å². The van der Waals surface area contributed by atoms with Crippen LogP contribution in [-0.4, -0.2) is 67.4 Å². The summed E-state index contributed by atoms with van der Waals surface area (Å²) in [7, 11) is 1.61. The second-order valence-electron chi connectivity index (χ2n) is 10.8. The first-order valence-corrected chi connectivity index (χ1v) is 15.0. The van der Waals surface area contributed by atoms with E-state index in [1.54, 1.807) is 30.7 Å². The van der Waals surface area contributed by atoms with Crippen molar-refractivity contribution in [3.05, 3.63) is 94.2 Å². The van der Waals surface area contributed by atoms with Gasteiger partial charge in [-0.1, -0.05) is 18.2 Å². The number of ether oxygens (including phenoxy) is 1. The normalized spacial score (nSPS) is 15.9. The number of H-pyrrole nitrogens is 2. The predicted molar refractivity (Wildman–Crippen MR) is 164 cm³/mol. The van der Waals surface area contributed by atoms with E-state index in [9.17, 15) is 9.18 Å². The van der Waals surface area contributed by atoms with Crippen LogP contribution in [0.1, 0.15) is 28.1 Å². The number of thiazole rings is 1. The van der Waals surface area contributed by atoms with Gasteiger partial charge in [0, 0.05) is 53.2 Å². The molecule has 1 aliphatic rings. The lowest BCUT2D eigenvalue weighted by molar-refractivity contribution is -0.136. The molecule has 2 N–H and O–H groups in total. The Labute approximate surface area is 251 Å². The van der Waals surface area contributed by atoms with Gasteiger partial charge in [-0.3, -0.25) is 9.69 Å². The molecule has 6 aromatic rings. The summed E-state index contributed by atoms with van der Waals surface area (Å²) in [6.07, 6.45) is 3.75. The van der Waals surface area contributed by atoms with E-state index in [2.05, 4.69) is 19.9 Å². The summed E-state index contributed by atoms with van der Waals surface area (Å²) < 4.78 is 19.8. The van der Waals surface area contributed by atoms with Crippen molar-refractivity contribution < 1.29 is 13.9 Å². The minimum atomic E-state index is -0.324. The van der Waals surface area contributed by atoms with Crippen molar-refractivity contribution >= 4 is 39.0 Å². The van der Waals surface area contributed by atoms with Crippen LogP contribution in [0.4, 0.5) is 4.39 Å². The Morgan fingerprint density at radius 1 is 1.14 bits per heavy atom. The third-order valence-electron chi connectivity index (χ3n) is 8.12. The third-order valence-corrected chi connectivity index (χ3v) is 8.88. The number of methoxy groups -OCH3 is 1. The molecule has 5 heterocycles. The Balaban J connectivity index is 1.22. The molecule has 0 bridgehead atoms. The van der Waals surface area contributed by atoms with Crippen LogP contribution in [0.3, 0.4) is 0 Å². The Morgan fingerprint density at radius 2 is 2.02 bits per heavy atom. The number of amides is 1. The van der Waals surface area contributed by atoms with Crippen LogP contribution >= 0.6 is 11.3 Å². The Kier molecular flexibility index (Phi) is 7.12. The van der Waals surface area contributed by atoms with Crippen molar-refractivity contribution in [3.8, 4) is 17.1 Å². The molecule has 0 saturated carbocycles. The number of halogens is 1. The second-order valence-corrected chi connectivity index (χ2v) is 11.8. The van der Waals surface area contributed by atoms with E-state index in [1.807, 2.05) is 53.7 Å². The molecule has 218 valence electrons. The maximum Gasteiger partial charge on any atom is 0.227 e. The van der Waals surface area contributed by atoms with Crippen LogP contribution in [0.5, 0.6) is 5.88 Å². The van der Waals surface area contributed by atoms with Gasteiger partial charge in [-0.2, -0.15) is 0 Å². The highest BCUT2D eigenvalue weighted by atomic mass is 32.1. The van der Waals surface area contributed by atoms with Gasteiger partial charge < -0.3 is 19.6 Å². The highest BCUT2D eigenvalue weighted by Gasteiger charge is 2.34. The van der Waals surface area contributed by atoms with Crippen molar-refractivity contribution in [2.45, 2.75) is 25.9 Å². The number of benzene rings is 2. The van der Waals surface area contributed by atoms with Crippen LogP contribution in [0.2, 0.25) is 0 Å². The average Bonchev–Trinajstić information content (AvgIpc) is 3.78. The number of imidazole rings is 1. The first-order chi connectivity index (χ1) is 21.0.